The molecule has 24 heavy (non-hydrogen) atoms. The SMILES string of the molecule is CC.CC.CC(=O)CCCCCNCC(C)=NC(=O)OC(C)(C)C. The van der Waals surface area contributed by atoms with E-state index in [1.165, 1.54) is 0 Å². The van der Waals surface area contributed by atoms with Gasteiger partial charge in [0, 0.05) is 18.7 Å². The highest BCUT2D eigenvalue weighted by Gasteiger charge is 2.15. The summed E-state index contributed by atoms with van der Waals surface area (Å²) < 4.78 is 5.10. The van der Waals surface area contributed by atoms with Crippen molar-refractivity contribution in [2.75, 3.05) is 13.1 Å². The molecule has 0 aliphatic rings. The Morgan fingerprint density at radius 3 is 1.96 bits per heavy atom. The van der Waals surface area contributed by atoms with E-state index in [4.69, 9.17) is 4.74 Å². The van der Waals surface area contributed by atoms with Gasteiger partial charge in [-0.15, -0.1) is 0 Å². The van der Waals surface area contributed by atoms with Gasteiger partial charge in [-0.2, -0.15) is 4.99 Å². The Balaban J connectivity index is -0.00000102. The van der Waals surface area contributed by atoms with Crippen LogP contribution in [0, 0.1) is 0 Å². The summed E-state index contributed by atoms with van der Waals surface area (Å²) in [6.45, 7) is 18.3. The van der Waals surface area contributed by atoms with Crippen molar-refractivity contribution < 1.29 is 14.3 Å². The molecule has 0 heterocycles. The lowest BCUT2D eigenvalue weighted by Gasteiger charge is -2.17. The highest BCUT2D eigenvalue weighted by atomic mass is 16.6. The Kier molecular flexibility index (Phi) is 20.8. The van der Waals surface area contributed by atoms with E-state index in [1.54, 1.807) is 13.8 Å². The molecule has 1 amide bonds. The summed E-state index contributed by atoms with van der Waals surface area (Å²) in [7, 11) is 0. The molecular formula is C19H40N2O3. The normalized spacial score (nSPS) is 10.8. The van der Waals surface area contributed by atoms with Gasteiger partial charge in [0.05, 0.1) is 0 Å². The predicted octanol–water partition coefficient (Wildman–Crippen LogP) is 5.17. The van der Waals surface area contributed by atoms with Crippen LogP contribution in [0.2, 0.25) is 0 Å². The van der Waals surface area contributed by atoms with Gasteiger partial charge in [0.15, 0.2) is 0 Å². The lowest BCUT2D eigenvalue weighted by Crippen LogP contribution is -2.25. The number of ketones is 1. The highest BCUT2D eigenvalue weighted by Crippen LogP contribution is 2.07. The van der Waals surface area contributed by atoms with Crippen LogP contribution in [0.3, 0.4) is 0 Å². The van der Waals surface area contributed by atoms with E-state index in [1.807, 2.05) is 48.5 Å². The Hall–Kier alpha value is -1.23. The van der Waals surface area contributed by atoms with Gasteiger partial charge in [0.1, 0.15) is 11.4 Å². The fourth-order valence-electron chi connectivity index (χ4n) is 1.55. The lowest BCUT2D eigenvalue weighted by atomic mass is 10.1. The number of hydrogen-bond acceptors (Lipinski definition) is 4. The smallest absolute Gasteiger partial charge is 0.434 e. The lowest BCUT2D eigenvalue weighted by molar-refractivity contribution is -0.117. The zero-order valence-electron chi connectivity index (χ0n) is 17.4. The van der Waals surface area contributed by atoms with Crippen LogP contribution in [0.4, 0.5) is 4.79 Å². The maximum Gasteiger partial charge on any atom is 0.434 e. The number of hydrogen-bond donors (Lipinski definition) is 1. The summed E-state index contributed by atoms with van der Waals surface area (Å²) in [6, 6.07) is 0. The van der Waals surface area contributed by atoms with Gasteiger partial charge in [0.25, 0.3) is 0 Å². The van der Waals surface area contributed by atoms with Crippen molar-refractivity contribution in [2.45, 2.75) is 93.6 Å². The molecule has 0 spiro atoms. The third-order valence-electron chi connectivity index (χ3n) is 2.44. The summed E-state index contributed by atoms with van der Waals surface area (Å²) in [4.78, 5) is 26.1. The molecule has 144 valence electrons. The van der Waals surface area contributed by atoms with E-state index < -0.39 is 11.7 Å². The number of unbranched alkanes of at least 4 members (excludes halogenated alkanes) is 2. The standard InChI is InChI=1S/C15H28N2O3.2C2H6/c1-12(17-14(19)20-15(3,4)5)11-16-10-8-6-7-9-13(2)18;2*1-2/h16H,6-11H2,1-5H3;2*1-2H3. The number of aliphatic imine (C=N–C) groups is 1. The van der Waals surface area contributed by atoms with Crippen LogP contribution in [0.15, 0.2) is 4.99 Å². The zero-order valence-corrected chi connectivity index (χ0v) is 17.4. The molecular weight excluding hydrogens is 304 g/mol. The number of carbonyl (C=O) groups is 2. The van der Waals surface area contributed by atoms with E-state index in [0.29, 0.717) is 18.7 Å². The quantitative estimate of drug-likeness (QED) is 0.487. The molecule has 5 nitrogen and oxygen atoms in total. The summed E-state index contributed by atoms with van der Waals surface area (Å²) in [5.74, 6) is 0.248. The van der Waals surface area contributed by atoms with Crippen LogP contribution < -0.4 is 5.32 Å². The number of ether oxygens (including phenoxy) is 1. The maximum atomic E-state index is 11.4. The second-order valence-corrected chi connectivity index (χ2v) is 6.02. The molecule has 1 N–H and O–H groups in total. The number of carbonyl (C=O) groups excluding carboxylic acids is 2. The van der Waals surface area contributed by atoms with Gasteiger partial charge in [-0.1, -0.05) is 34.1 Å². The molecule has 0 bridgehead atoms. The molecule has 0 rings (SSSR count). The van der Waals surface area contributed by atoms with Gasteiger partial charge >= 0.3 is 6.09 Å². The first-order valence-corrected chi connectivity index (χ1v) is 9.18. The zero-order chi connectivity index (χ0) is 19.6. The predicted molar refractivity (Wildman–Crippen MR) is 104 cm³/mol. The Morgan fingerprint density at radius 1 is 0.958 bits per heavy atom. The maximum absolute atomic E-state index is 11.4. The minimum Gasteiger partial charge on any atom is -0.442 e. The molecule has 0 aliphatic carbocycles. The molecule has 0 aromatic carbocycles. The summed E-state index contributed by atoms with van der Waals surface area (Å²) in [5.41, 5.74) is 0.202. The Morgan fingerprint density at radius 2 is 1.50 bits per heavy atom. The third-order valence-corrected chi connectivity index (χ3v) is 2.44. The van der Waals surface area contributed by atoms with Gasteiger partial charge in [-0.05, 0) is 54.0 Å². The van der Waals surface area contributed by atoms with E-state index in [2.05, 4.69) is 10.3 Å². The summed E-state index contributed by atoms with van der Waals surface area (Å²) in [6.07, 6.45) is 3.13. The second kappa shape index (κ2) is 18.1. The number of Topliss-reactive ketones (excluding diaryl/α,β-unsaturated/α-hetero) is 1. The van der Waals surface area contributed by atoms with Crippen molar-refractivity contribution in [1.29, 1.82) is 0 Å². The molecule has 0 aromatic heterocycles. The molecule has 0 saturated heterocycles. The molecule has 0 atom stereocenters. The summed E-state index contributed by atoms with van der Waals surface area (Å²) >= 11 is 0. The van der Waals surface area contributed by atoms with Crippen LogP contribution >= 0.6 is 0 Å². The van der Waals surface area contributed by atoms with Gasteiger partial charge in [0.2, 0.25) is 0 Å². The van der Waals surface area contributed by atoms with Crippen LogP contribution in [0.25, 0.3) is 0 Å². The fraction of sp³-hybridized carbons (Fsp3) is 0.842. The van der Waals surface area contributed by atoms with Gasteiger partial charge in [-0.25, -0.2) is 4.79 Å². The topological polar surface area (TPSA) is 67.8 Å². The molecule has 0 unspecified atom stereocenters. The van der Waals surface area contributed by atoms with Crippen LogP contribution in [-0.2, 0) is 9.53 Å². The largest absolute Gasteiger partial charge is 0.442 e. The monoisotopic (exact) mass is 344 g/mol. The van der Waals surface area contributed by atoms with Gasteiger partial charge < -0.3 is 14.8 Å². The van der Waals surface area contributed by atoms with Crippen LogP contribution in [0.1, 0.15) is 88.0 Å². The first-order valence-electron chi connectivity index (χ1n) is 9.18. The van der Waals surface area contributed by atoms with E-state index in [-0.39, 0.29) is 5.78 Å². The first kappa shape index (κ1) is 27.6. The Bertz CT molecular complexity index is 345. The molecule has 5 heteroatoms. The van der Waals surface area contributed by atoms with Crippen molar-refractivity contribution in [1.82, 2.24) is 5.32 Å². The molecule has 0 aromatic rings. The molecule has 0 saturated carbocycles. The third kappa shape index (κ3) is 25.7. The Labute approximate surface area is 149 Å². The van der Waals surface area contributed by atoms with Crippen molar-refractivity contribution in [3.8, 4) is 0 Å². The molecule has 0 aliphatic heterocycles. The van der Waals surface area contributed by atoms with Crippen LogP contribution in [-0.4, -0.2) is 36.3 Å². The van der Waals surface area contributed by atoms with Crippen molar-refractivity contribution in [3.63, 3.8) is 0 Å². The number of nitrogens with one attached hydrogen (secondary N) is 1. The minimum absolute atomic E-state index is 0.248. The van der Waals surface area contributed by atoms with Gasteiger partial charge in [-0.3, -0.25) is 0 Å². The second-order valence-electron chi connectivity index (χ2n) is 6.02. The van der Waals surface area contributed by atoms with Crippen molar-refractivity contribution >= 4 is 17.6 Å². The molecule has 0 radical (unpaired) electrons. The van der Waals surface area contributed by atoms with Crippen LogP contribution in [0.5, 0.6) is 0 Å². The first-order chi connectivity index (χ1) is 11.2. The fourth-order valence-corrected chi connectivity index (χ4v) is 1.55. The number of amides is 1. The van der Waals surface area contributed by atoms with E-state index >= 15 is 0 Å². The van der Waals surface area contributed by atoms with E-state index in [9.17, 15) is 9.59 Å². The number of rotatable bonds is 8. The van der Waals surface area contributed by atoms with Crippen molar-refractivity contribution in [2.24, 2.45) is 4.99 Å². The average Bonchev–Trinajstić information content (AvgIpc) is 2.48. The van der Waals surface area contributed by atoms with E-state index in [0.717, 1.165) is 25.8 Å². The molecule has 0 fully saturated rings. The average molecular weight is 345 g/mol. The van der Waals surface area contributed by atoms with Crippen molar-refractivity contribution in [3.05, 3.63) is 0 Å². The number of nitrogens with zero attached hydrogens (tertiary/aromatic N) is 1. The summed E-state index contributed by atoms with van der Waals surface area (Å²) in [5, 5.41) is 3.22. The minimum atomic E-state index is -0.543. The highest BCUT2D eigenvalue weighted by molar-refractivity contribution is 5.93.